The number of hydrogen-bond donors (Lipinski definition) is 1. The fourth-order valence-corrected chi connectivity index (χ4v) is 5.30. The second-order valence-electron chi connectivity index (χ2n) is 8.34. The first-order valence-electron chi connectivity index (χ1n) is 11.0. The molecule has 1 aromatic heterocycles. The van der Waals surface area contributed by atoms with E-state index in [1.165, 1.54) is 16.9 Å². The zero-order valence-corrected chi connectivity index (χ0v) is 18.8. The Morgan fingerprint density at radius 2 is 1.74 bits per heavy atom. The van der Waals surface area contributed by atoms with Crippen LogP contribution in [0.2, 0.25) is 0 Å². The molecule has 2 atom stereocenters. The quantitative estimate of drug-likeness (QED) is 0.782. The minimum atomic E-state index is -0.467. The van der Waals surface area contributed by atoms with E-state index in [1.807, 2.05) is 33.4 Å². The summed E-state index contributed by atoms with van der Waals surface area (Å²) in [6, 6.07) is 10.2. The summed E-state index contributed by atoms with van der Waals surface area (Å²) in [7, 11) is 0. The topological polar surface area (TPSA) is 77.0 Å². The molecule has 3 heterocycles. The third kappa shape index (κ3) is 5.31. The highest BCUT2D eigenvalue weighted by atomic mass is 32.1. The zero-order chi connectivity index (χ0) is 21.8. The molecule has 8 heteroatoms. The lowest BCUT2D eigenvalue weighted by molar-refractivity contribution is -0.131. The molecule has 2 fully saturated rings. The summed E-state index contributed by atoms with van der Waals surface area (Å²) in [6.45, 7) is 5.68. The molecule has 2 saturated heterocycles. The fourth-order valence-electron chi connectivity index (χ4n) is 4.49. The third-order valence-electron chi connectivity index (χ3n) is 6.32. The van der Waals surface area contributed by atoms with Gasteiger partial charge in [0.1, 0.15) is 5.69 Å². The standard InChI is InChI=1S/C23H30N4O3S/c1-17(28)25-11-13-26(14-12-25)20-7-9-27(10-8-21(20)29)23(30)19-16-31-22(24-19)15-18-5-3-2-4-6-18/h2-6,16,20-21,29H,7-15H2,1H3/t20-,21-/m0/s1. The number of likely N-dealkylation sites (tertiary alicyclic amines) is 1. The van der Waals surface area contributed by atoms with Crippen LogP contribution in [0.1, 0.15) is 40.8 Å². The largest absolute Gasteiger partial charge is 0.391 e. The number of aliphatic hydroxyl groups excluding tert-OH is 1. The van der Waals surface area contributed by atoms with Crippen LogP contribution in [0.3, 0.4) is 0 Å². The fraction of sp³-hybridized carbons (Fsp3) is 0.522. The van der Waals surface area contributed by atoms with Crippen molar-refractivity contribution >= 4 is 23.2 Å². The normalized spacial score (nSPS) is 22.9. The number of benzene rings is 1. The first kappa shape index (κ1) is 21.9. The number of carbonyl (C=O) groups is 2. The minimum absolute atomic E-state index is 0.0241. The molecule has 166 valence electrons. The lowest BCUT2D eigenvalue weighted by atomic mass is 10.0. The maximum atomic E-state index is 13.1. The SMILES string of the molecule is CC(=O)N1CCN([C@H]2CCN(C(=O)c3csc(Cc4ccccc4)n3)CC[C@@H]2O)CC1. The molecule has 0 spiro atoms. The van der Waals surface area contributed by atoms with Gasteiger partial charge in [0.05, 0.1) is 11.1 Å². The van der Waals surface area contributed by atoms with Gasteiger partial charge in [-0.05, 0) is 18.4 Å². The second kappa shape index (κ2) is 9.89. The maximum Gasteiger partial charge on any atom is 0.273 e. The monoisotopic (exact) mass is 442 g/mol. The Balaban J connectivity index is 1.35. The average Bonchev–Trinajstić information content (AvgIpc) is 3.16. The van der Waals surface area contributed by atoms with Crippen LogP contribution in [0.5, 0.6) is 0 Å². The van der Waals surface area contributed by atoms with Crippen LogP contribution >= 0.6 is 11.3 Å². The van der Waals surface area contributed by atoms with Gasteiger partial charge < -0.3 is 14.9 Å². The van der Waals surface area contributed by atoms with E-state index in [2.05, 4.69) is 22.0 Å². The second-order valence-corrected chi connectivity index (χ2v) is 9.28. The van der Waals surface area contributed by atoms with Crippen LogP contribution in [-0.2, 0) is 11.2 Å². The van der Waals surface area contributed by atoms with Crippen molar-refractivity contribution < 1.29 is 14.7 Å². The summed E-state index contributed by atoms with van der Waals surface area (Å²) in [6.07, 6.45) is 1.55. The minimum Gasteiger partial charge on any atom is -0.391 e. The third-order valence-corrected chi connectivity index (χ3v) is 7.17. The Kier molecular flexibility index (Phi) is 6.99. The molecule has 0 bridgehead atoms. The molecule has 2 aliphatic heterocycles. The number of piperazine rings is 1. The van der Waals surface area contributed by atoms with Crippen molar-refractivity contribution in [3.05, 3.63) is 52.0 Å². The van der Waals surface area contributed by atoms with Crippen LogP contribution in [0.25, 0.3) is 0 Å². The Morgan fingerprint density at radius 3 is 2.45 bits per heavy atom. The van der Waals surface area contributed by atoms with E-state index in [4.69, 9.17) is 0 Å². The van der Waals surface area contributed by atoms with Crippen LogP contribution < -0.4 is 0 Å². The summed E-state index contributed by atoms with van der Waals surface area (Å²) in [5.74, 6) is 0.0533. The number of nitrogens with zero attached hydrogens (tertiary/aromatic N) is 4. The Morgan fingerprint density at radius 1 is 1.03 bits per heavy atom. The van der Waals surface area contributed by atoms with Crippen molar-refractivity contribution in [1.82, 2.24) is 19.7 Å². The maximum absolute atomic E-state index is 13.1. The van der Waals surface area contributed by atoms with E-state index in [0.29, 0.717) is 38.3 Å². The summed E-state index contributed by atoms with van der Waals surface area (Å²) in [5, 5.41) is 13.5. The van der Waals surface area contributed by atoms with Crippen molar-refractivity contribution in [1.29, 1.82) is 0 Å². The molecule has 31 heavy (non-hydrogen) atoms. The van der Waals surface area contributed by atoms with E-state index in [1.54, 1.807) is 6.92 Å². The highest BCUT2D eigenvalue weighted by Crippen LogP contribution is 2.22. The van der Waals surface area contributed by atoms with Gasteiger partial charge in [-0.15, -0.1) is 11.3 Å². The molecule has 2 amide bonds. The molecular formula is C23H30N4O3S. The van der Waals surface area contributed by atoms with E-state index >= 15 is 0 Å². The van der Waals surface area contributed by atoms with Gasteiger partial charge in [-0.1, -0.05) is 30.3 Å². The average molecular weight is 443 g/mol. The number of hydrogen-bond acceptors (Lipinski definition) is 6. The van der Waals surface area contributed by atoms with Crippen molar-refractivity contribution in [2.24, 2.45) is 0 Å². The number of rotatable bonds is 4. The van der Waals surface area contributed by atoms with Gasteiger partial charge in [0, 0.05) is 64.0 Å². The van der Waals surface area contributed by atoms with Crippen LogP contribution in [0.15, 0.2) is 35.7 Å². The van der Waals surface area contributed by atoms with Crippen LogP contribution in [0, 0.1) is 0 Å². The van der Waals surface area contributed by atoms with Gasteiger partial charge in [-0.3, -0.25) is 14.5 Å². The molecule has 0 saturated carbocycles. The molecule has 2 aliphatic rings. The molecule has 0 radical (unpaired) electrons. The number of thiazole rings is 1. The Bertz CT molecular complexity index is 895. The molecule has 0 aliphatic carbocycles. The molecule has 7 nitrogen and oxygen atoms in total. The Hall–Kier alpha value is -2.29. The predicted octanol–water partition coefficient (Wildman–Crippen LogP) is 1.86. The van der Waals surface area contributed by atoms with Gasteiger partial charge in [-0.25, -0.2) is 4.98 Å². The molecule has 2 aromatic rings. The van der Waals surface area contributed by atoms with E-state index < -0.39 is 6.10 Å². The molecule has 1 N–H and O–H groups in total. The number of aromatic nitrogens is 1. The van der Waals surface area contributed by atoms with Gasteiger partial charge in [0.25, 0.3) is 5.91 Å². The lowest BCUT2D eigenvalue weighted by Crippen LogP contribution is -2.54. The van der Waals surface area contributed by atoms with Gasteiger partial charge in [-0.2, -0.15) is 0 Å². The number of aliphatic hydroxyl groups is 1. The first-order chi connectivity index (χ1) is 15.0. The van der Waals surface area contributed by atoms with Crippen molar-refractivity contribution in [3.63, 3.8) is 0 Å². The van der Waals surface area contributed by atoms with E-state index in [9.17, 15) is 14.7 Å². The van der Waals surface area contributed by atoms with Crippen molar-refractivity contribution in [2.75, 3.05) is 39.3 Å². The van der Waals surface area contributed by atoms with E-state index in [-0.39, 0.29) is 17.9 Å². The van der Waals surface area contributed by atoms with E-state index in [0.717, 1.165) is 30.9 Å². The van der Waals surface area contributed by atoms with Crippen LogP contribution in [-0.4, -0.2) is 88.0 Å². The first-order valence-corrected chi connectivity index (χ1v) is 11.8. The highest BCUT2D eigenvalue weighted by Gasteiger charge is 2.33. The van der Waals surface area contributed by atoms with Gasteiger partial charge in [0.2, 0.25) is 5.91 Å². The molecule has 1 aromatic carbocycles. The summed E-state index contributed by atoms with van der Waals surface area (Å²) in [4.78, 5) is 35.2. The number of carbonyl (C=O) groups excluding carboxylic acids is 2. The number of amides is 2. The zero-order valence-electron chi connectivity index (χ0n) is 17.9. The van der Waals surface area contributed by atoms with Gasteiger partial charge in [0.15, 0.2) is 0 Å². The highest BCUT2D eigenvalue weighted by molar-refractivity contribution is 7.09. The Labute approximate surface area is 187 Å². The summed E-state index contributed by atoms with van der Waals surface area (Å²) in [5.41, 5.74) is 1.68. The predicted molar refractivity (Wildman–Crippen MR) is 120 cm³/mol. The molecule has 0 unspecified atom stereocenters. The van der Waals surface area contributed by atoms with Gasteiger partial charge >= 0.3 is 0 Å². The summed E-state index contributed by atoms with van der Waals surface area (Å²) < 4.78 is 0. The van der Waals surface area contributed by atoms with Crippen LogP contribution in [0.4, 0.5) is 0 Å². The summed E-state index contributed by atoms with van der Waals surface area (Å²) >= 11 is 1.52. The molecule has 4 rings (SSSR count). The van der Waals surface area contributed by atoms with Crippen molar-refractivity contribution in [2.45, 2.75) is 38.3 Å². The van der Waals surface area contributed by atoms with Crippen molar-refractivity contribution in [3.8, 4) is 0 Å². The smallest absolute Gasteiger partial charge is 0.273 e. The molecular weight excluding hydrogens is 412 g/mol. The lowest BCUT2D eigenvalue weighted by Gasteiger charge is -2.40.